The number of carbonyl (C=O) groups excluding carboxylic acids is 1. The topological polar surface area (TPSA) is 124 Å². The number of nitrogens with zero attached hydrogens (tertiary/aromatic N) is 2. The minimum Gasteiger partial charge on any atom is -0.495 e. The molecule has 0 unspecified atom stereocenters. The maximum atomic E-state index is 12.7. The van der Waals surface area contributed by atoms with Gasteiger partial charge in [-0.15, -0.1) is 0 Å². The fourth-order valence-corrected chi connectivity index (χ4v) is 3.18. The highest BCUT2D eigenvalue weighted by molar-refractivity contribution is 6.30. The van der Waals surface area contributed by atoms with Crippen molar-refractivity contribution < 1.29 is 23.9 Å². The number of halogens is 1. The van der Waals surface area contributed by atoms with Gasteiger partial charge in [0, 0.05) is 17.2 Å². The number of nitrogens with one attached hydrogen (secondary N) is 1. The molecule has 1 amide bonds. The van der Waals surface area contributed by atoms with E-state index < -0.39 is 10.8 Å². The highest BCUT2D eigenvalue weighted by Gasteiger charge is 2.17. The third-order valence-electron chi connectivity index (χ3n) is 4.81. The number of ether oxygens (including phenoxy) is 3. The molecular formula is C25H20ClN3O6. The van der Waals surface area contributed by atoms with Gasteiger partial charge in [0.25, 0.3) is 11.6 Å². The average molecular weight is 494 g/mol. The van der Waals surface area contributed by atoms with Gasteiger partial charge in [0.2, 0.25) is 0 Å². The van der Waals surface area contributed by atoms with E-state index in [1.54, 1.807) is 30.3 Å². The van der Waals surface area contributed by atoms with Crippen LogP contribution in [0.4, 0.5) is 11.4 Å². The Kier molecular flexibility index (Phi) is 8.27. The summed E-state index contributed by atoms with van der Waals surface area (Å²) in [5, 5.41) is 23.7. The van der Waals surface area contributed by atoms with Gasteiger partial charge in [-0.3, -0.25) is 14.9 Å². The van der Waals surface area contributed by atoms with Gasteiger partial charge in [-0.05, 0) is 47.5 Å². The lowest BCUT2D eigenvalue weighted by Gasteiger charge is -2.12. The smallest absolute Gasteiger partial charge is 0.271 e. The van der Waals surface area contributed by atoms with Gasteiger partial charge in [0.1, 0.15) is 24.0 Å². The van der Waals surface area contributed by atoms with Crippen LogP contribution in [0.1, 0.15) is 11.1 Å². The van der Waals surface area contributed by atoms with Crippen LogP contribution in [0.2, 0.25) is 5.02 Å². The summed E-state index contributed by atoms with van der Waals surface area (Å²) in [4.78, 5) is 23.2. The second kappa shape index (κ2) is 11.5. The average Bonchev–Trinajstić information content (AvgIpc) is 2.86. The summed E-state index contributed by atoms with van der Waals surface area (Å²) in [6.07, 6.45) is 1.37. The molecule has 0 radical (unpaired) electrons. The minimum absolute atomic E-state index is 0.0644. The first-order chi connectivity index (χ1) is 16.8. The lowest BCUT2D eigenvalue weighted by atomic mass is 10.1. The van der Waals surface area contributed by atoms with Gasteiger partial charge >= 0.3 is 0 Å². The predicted molar refractivity (Wildman–Crippen MR) is 131 cm³/mol. The van der Waals surface area contributed by atoms with Crippen molar-refractivity contribution in [3.05, 3.63) is 92.5 Å². The maximum Gasteiger partial charge on any atom is 0.271 e. The number of nitriles is 1. The number of nitro groups is 1. The number of carbonyl (C=O) groups is 1. The van der Waals surface area contributed by atoms with E-state index in [0.29, 0.717) is 22.1 Å². The fourth-order valence-electron chi connectivity index (χ4n) is 3.05. The molecule has 1 N–H and O–H groups in total. The number of hydrogen-bond donors (Lipinski definition) is 1. The Morgan fingerprint density at radius 1 is 1.06 bits per heavy atom. The van der Waals surface area contributed by atoms with Crippen molar-refractivity contribution in [2.24, 2.45) is 0 Å². The van der Waals surface area contributed by atoms with E-state index >= 15 is 0 Å². The number of hydrogen-bond acceptors (Lipinski definition) is 7. The largest absolute Gasteiger partial charge is 0.495 e. The number of nitro benzene ring substituents is 1. The summed E-state index contributed by atoms with van der Waals surface area (Å²) in [5.41, 5.74) is 0.998. The fraction of sp³-hybridized carbons (Fsp3) is 0.120. The SMILES string of the molecule is COc1ccc([N+](=O)[O-])cc1NC(=O)/C(C#N)=C/c1ccc(OC)c(OCc2ccc(Cl)cc2)c1. The van der Waals surface area contributed by atoms with Crippen LogP contribution in [0, 0.1) is 21.4 Å². The van der Waals surface area contributed by atoms with Crippen LogP contribution in [-0.4, -0.2) is 25.1 Å². The van der Waals surface area contributed by atoms with Gasteiger partial charge in [0.05, 0.1) is 24.8 Å². The Morgan fingerprint density at radius 2 is 1.74 bits per heavy atom. The molecule has 0 atom stereocenters. The number of anilines is 1. The number of rotatable bonds is 9. The Morgan fingerprint density at radius 3 is 2.37 bits per heavy atom. The third kappa shape index (κ3) is 6.50. The Bertz CT molecular complexity index is 1320. The summed E-state index contributed by atoms with van der Waals surface area (Å²) in [6, 6.07) is 17.7. The standard InChI is InChI=1S/C25H20ClN3O6/c1-33-22-10-8-20(29(31)32)13-21(22)28-25(30)18(14-27)11-17-5-9-23(34-2)24(12-17)35-15-16-3-6-19(26)7-4-16/h3-13H,15H2,1-2H3,(H,28,30)/b18-11+. The zero-order chi connectivity index (χ0) is 25.4. The quantitative estimate of drug-likeness (QED) is 0.183. The first-order valence-corrected chi connectivity index (χ1v) is 10.5. The van der Waals surface area contributed by atoms with Crippen molar-refractivity contribution in [1.29, 1.82) is 5.26 Å². The number of methoxy groups -OCH3 is 2. The van der Waals surface area contributed by atoms with Crippen molar-refractivity contribution in [1.82, 2.24) is 0 Å². The summed E-state index contributed by atoms with van der Waals surface area (Å²) in [5.74, 6) is 0.337. The van der Waals surface area contributed by atoms with Gasteiger partial charge < -0.3 is 19.5 Å². The van der Waals surface area contributed by atoms with Crippen molar-refractivity contribution >= 4 is 35.0 Å². The first kappa shape index (κ1) is 25.1. The zero-order valence-corrected chi connectivity index (χ0v) is 19.5. The molecule has 0 spiro atoms. The number of benzene rings is 3. The molecule has 0 aliphatic carbocycles. The van der Waals surface area contributed by atoms with Crippen LogP contribution < -0.4 is 19.5 Å². The lowest BCUT2D eigenvalue weighted by molar-refractivity contribution is -0.384. The molecule has 0 bridgehead atoms. The lowest BCUT2D eigenvalue weighted by Crippen LogP contribution is -2.14. The monoisotopic (exact) mass is 493 g/mol. The molecule has 3 rings (SSSR count). The maximum absolute atomic E-state index is 12.7. The zero-order valence-electron chi connectivity index (χ0n) is 18.8. The van der Waals surface area contributed by atoms with E-state index in [1.807, 2.05) is 18.2 Å². The van der Waals surface area contributed by atoms with E-state index in [9.17, 15) is 20.2 Å². The molecule has 10 heteroatoms. The third-order valence-corrected chi connectivity index (χ3v) is 5.07. The molecule has 3 aromatic carbocycles. The summed E-state index contributed by atoms with van der Waals surface area (Å²) in [7, 11) is 2.86. The van der Waals surface area contributed by atoms with Gasteiger partial charge in [-0.1, -0.05) is 29.8 Å². The molecule has 0 saturated heterocycles. The van der Waals surface area contributed by atoms with Crippen molar-refractivity contribution in [3.63, 3.8) is 0 Å². The highest BCUT2D eigenvalue weighted by Crippen LogP contribution is 2.31. The summed E-state index contributed by atoms with van der Waals surface area (Å²) in [6.45, 7) is 0.249. The van der Waals surface area contributed by atoms with Crippen molar-refractivity contribution in [2.45, 2.75) is 6.61 Å². The van der Waals surface area contributed by atoms with E-state index in [0.717, 1.165) is 11.6 Å². The van der Waals surface area contributed by atoms with Gasteiger partial charge in [-0.2, -0.15) is 5.26 Å². The Labute approximate surface area is 206 Å². The van der Waals surface area contributed by atoms with Crippen LogP contribution in [-0.2, 0) is 11.4 Å². The van der Waals surface area contributed by atoms with Gasteiger partial charge in [0.15, 0.2) is 11.5 Å². The van der Waals surface area contributed by atoms with Crippen LogP contribution in [0.5, 0.6) is 17.2 Å². The van der Waals surface area contributed by atoms with E-state index in [-0.39, 0.29) is 29.3 Å². The van der Waals surface area contributed by atoms with Gasteiger partial charge in [-0.25, -0.2) is 0 Å². The van der Waals surface area contributed by atoms with Crippen LogP contribution in [0.25, 0.3) is 6.08 Å². The molecular weight excluding hydrogens is 474 g/mol. The van der Waals surface area contributed by atoms with Crippen molar-refractivity contribution in [3.8, 4) is 23.3 Å². The molecule has 0 saturated carbocycles. The molecule has 9 nitrogen and oxygen atoms in total. The molecule has 0 aliphatic heterocycles. The van der Waals surface area contributed by atoms with Crippen LogP contribution in [0.15, 0.2) is 66.2 Å². The Balaban J connectivity index is 1.84. The first-order valence-electron chi connectivity index (χ1n) is 10.2. The Hall–Kier alpha value is -4.55. The summed E-state index contributed by atoms with van der Waals surface area (Å²) >= 11 is 5.91. The number of non-ortho nitro benzene ring substituents is 1. The van der Waals surface area contributed by atoms with E-state index in [1.165, 1.54) is 32.4 Å². The highest BCUT2D eigenvalue weighted by atomic mass is 35.5. The van der Waals surface area contributed by atoms with Crippen LogP contribution in [0.3, 0.4) is 0 Å². The van der Waals surface area contributed by atoms with Crippen LogP contribution >= 0.6 is 11.6 Å². The van der Waals surface area contributed by atoms with E-state index in [2.05, 4.69) is 5.32 Å². The molecule has 178 valence electrons. The molecule has 0 aliphatic rings. The molecule has 0 aromatic heterocycles. The van der Waals surface area contributed by atoms with Crippen molar-refractivity contribution in [2.75, 3.05) is 19.5 Å². The second-order valence-corrected chi connectivity index (χ2v) is 7.53. The predicted octanol–water partition coefficient (Wildman–Crippen LogP) is 5.39. The second-order valence-electron chi connectivity index (χ2n) is 7.09. The molecule has 35 heavy (non-hydrogen) atoms. The molecule has 0 fully saturated rings. The van der Waals surface area contributed by atoms with E-state index in [4.69, 9.17) is 25.8 Å². The molecule has 3 aromatic rings. The summed E-state index contributed by atoms with van der Waals surface area (Å²) < 4.78 is 16.4. The number of amides is 1. The molecule has 0 heterocycles. The minimum atomic E-state index is -0.759. The normalized spacial score (nSPS) is 10.7.